The highest BCUT2D eigenvalue weighted by Crippen LogP contribution is 2.39. The molecule has 0 radical (unpaired) electrons. The molecule has 7 heteroatoms. The van der Waals surface area contributed by atoms with Gasteiger partial charge in [-0.1, -0.05) is 19.4 Å². The Hall–Kier alpha value is -1.91. The van der Waals surface area contributed by atoms with Crippen molar-refractivity contribution in [2.75, 3.05) is 6.61 Å². The number of aliphatic hydroxyl groups excluding tert-OH is 1. The molecule has 0 saturated heterocycles. The van der Waals surface area contributed by atoms with Gasteiger partial charge in [0.05, 0.1) is 5.69 Å². The summed E-state index contributed by atoms with van der Waals surface area (Å²) < 4.78 is 31.9. The topological polar surface area (TPSA) is 54.7 Å². The van der Waals surface area contributed by atoms with Crippen molar-refractivity contribution in [1.29, 1.82) is 0 Å². The third kappa shape index (κ3) is 5.05. The second-order valence-electron chi connectivity index (χ2n) is 6.06. The van der Waals surface area contributed by atoms with E-state index in [-0.39, 0.29) is 5.75 Å². The van der Waals surface area contributed by atoms with Crippen molar-refractivity contribution in [3.63, 3.8) is 0 Å². The molecule has 0 fully saturated rings. The number of aliphatic imine (C=N–C) groups is 1. The van der Waals surface area contributed by atoms with Crippen LogP contribution in [0.25, 0.3) is 11.3 Å². The first-order chi connectivity index (χ1) is 12.3. The number of benzene rings is 1. The van der Waals surface area contributed by atoms with E-state index in [4.69, 9.17) is 9.84 Å². The molecule has 1 heterocycles. The van der Waals surface area contributed by atoms with Crippen molar-refractivity contribution in [2.45, 2.75) is 39.7 Å². The van der Waals surface area contributed by atoms with Crippen LogP contribution in [-0.2, 0) is 0 Å². The molecule has 0 amide bonds. The zero-order valence-electron chi connectivity index (χ0n) is 15.1. The Balaban J connectivity index is 2.58. The molecular weight excluding hydrogens is 357 g/mol. The molecule has 1 aromatic carbocycles. The van der Waals surface area contributed by atoms with Crippen LogP contribution in [0.2, 0.25) is 0 Å². The fourth-order valence-corrected chi connectivity index (χ4v) is 2.71. The molecule has 0 spiro atoms. The number of hydrogen-bond donors (Lipinski definition) is 1. The van der Waals surface area contributed by atoms with Gasteiger partial charge in [0.25, 0.3) is 0 Å². The molecule has 0 saturated carbocycles. The van der Waals surface area contributed by atoms with Crippen LogP contribution < -0.4 is 10.0 Å². The Bertz CT molecular complexity index is 793. The summed E-state index contributed by atoms with van der Waals surface area (Å²) in [6.45, 7) is 4.27. The molecule has 1 atom stereocenters. The van der Waals surface area contributed by atoms with Gasteiger partial charge < -0.3 is 9.84 Å². The van der Waals surface area contributed by atoms with Gasteiger partial charge in [0.15, 0.2) is 5.75 Å². The molecule has 2 rings (SSSR count). The van der Waals surface area contributed by atoms with Gasteiger partial charge in [-0.15, -0.1) is 9.24 Å². The summed E-state index contributed by atoms with van der Waals surface area (Å²) >= 11 is 0. The number of halogens is 2. The van der Waals surface area contributed by atoms with Crippen LogP contribution in [0.3, 0.4) is 0 Å². The molecular formula is C19H23F2N2O2P. The van der Waals surface area contributed by atoms with E-state index in [2.05, 4.69) is 19.2 Å². The lowest BCUT2D eigenvalue weighted by molar-refractivity contribution is -0.200. The molecule has 0 aliphatic carbocycles. The van der Waals surface area contributed by atoms with Crippen molar-refractivity contribution in [3.8, 4) is 17.0 Å². The summed E-state index contributed by atoms with van der Waals surface area (Å²) in [4.78, 5) is 8.90. The predicted molar refractivity (Wildman–Crippen MR) is 104 cm³/mol. The van der Waals surface area contributed by atoms with E-state index in [0.29, 0.717) is 11.3 Å². The second kappa shape index (κ2) is 8.65. The summed E-state index contributed by atoms with van der Waals surface area (Å²) in [7, 11) is 2.57. The molecule has 140 valence electrons. The van der Waals surface area contributed by atoms with Crippen molar-refractivity contribution in [3.05, 3.63) is 36.0 Å². The molecule has 0 aliphatic rings. The van der Waals surface area contributed by atoms with Gasteiger partial charge in [0.1, 0.15) is 12.3 Å². The average Bonchev–Trinajstić information content (AvgIpc) is 2.59. The van der Waals surface area contributed by atoms with E-state index in [0.717, 1.165) is 35.1 Å². The van der Waals surface area contributed by atoms with E-state index in [1.165, 1.54) is 6.07 Å². The standard InChI is InChI=1S/C19H23F2N2O2P/c1-4-5-12(2)23-18-13(3)15(16-8-6-14(26)10-22-16)7-9-17(18)25-19(20,21)11-24/h6-10,24H,4-5,11,26H2,1-3H3/b23-12-. The number of ether oxygens (including phenoxy) is 1. The van der Waals surface area contributed by atoms with E-state index in [1.54, 1.807) is 19.2 Å². The largest absolute Gasteiger partial charge is 0.429 e. The number of aromatic nitrogens is 1. The lowest BCUT2D eigenvalue weighted by Crippen LogP contribution is -2.29. The highest BCUT2D eigenvalue weighted by atomic mass is 31.0. The average molecular weight is 380 g/mol. The quantitative estimate of drug-likeness (QED) is 0.572. The van der Waals surface area contributed by atoms with Gasteiger partial charge in [-0.2, -0.15) is 8.78 Å². The zero-order valence-corrected chi connectivity index (χ0v) is 16.2. The molecule has 0 bridgehead atoms. The van der Waals surface area contributed by atoms with Crippen LogP contribution in [0, 0.1) is 6.92 Å². The first-order valence-corrected chi connectivity index (χ1v) is 8.92. The number of nitrogens with zero attached hydrogens (tertiary/aromatic N) is 2. The third-order valence-electron chi connectivity index (χ3n) is 3.81. The van der Waals surface area contributed by atoms with Gasteiger partial charge in [0, 0.05) is 17.5 Å². The molecule has 1 N–H and O–H groups in total. The van der Waals surface area contributed by atoms with Crippen LogP contribution in [-0.4, -0.2) is 28.5 Å². The minimum absolute atomic E-state index is 0.0663. The van der Waals surface area contributed by atoms with Crippen LogP contribution in [0.4, 0.5) is 14.5 Å². The van der Waals surface area contributed by atoms with E-state index in [1.807, 2.05) is 26.0 Å². The number of rotatable bonds is 7. The minimum Gasteiger partial charge on any atom is -0.429 e. The number of aliphatic hydroxyl groups is 1. The van der Waals surface area contributed by atoms with Gasteiger partial charge in [-0.25, -0.2) is 0 Å². The Morgan fingerprint density at radius 3 is 2.62 bits per heavy atom. The zero-order chi connectivity index (χ0) is 19.3. The summed E-state index contributed by atoms with van der Waals surface area (Å²) in [5.41, 5.74) is 3.35. The lowest BCUT2D eigenvalue weighted by Gasteiger charge is -2.19. The van der Waals surface area contributed by atoms with Gasteiger partial charge in [-0.05, 0) is 49.3 Å². The van der Waals surface area contributed by atoms with Crippen molar-refractivity contribution < 1.29 is 18.6 Å². The fourth-order valence-electron chi connectivity index (χ4n) is 2.54. The minimum atomic E-state index is -3.67. The Morgan fingerprint density at radius 1 is 1.31 bits per heavy atom. The molecule has 0 aliphatic heterocycles. The summed E-state index contributed by atoms with van der Waals surface area (Å²) in [6.07, 6.45) is -0.307. The molecule has 2 aromatic rings. The maximum Gasteiger partial charge on any atom is 0.421 e. The van der Waals surface area contributed by atoms with Crippen molar-refractivity contribution >= 4 is 25.9 Å². The predicted octanol–water partition coefficient (Wildman–Crippen LogP) is 4.41. The molecule has 26 heavy (non-hydrogen) atoms. The Morgan fingerprint density at radius 2 is 2.04 bits per heavy atom. The van der Waals surface area contributed by atoms with E-state index in [9.17, 15) is 8.78 Å². The van der Waals surface area contributed by atoms with Crippen LogP contribution >= 0.6 is 9.24 Å². The Kier molecular flexibility index (Phi) is 6.79. The summed E-state index contributed by atoms with van der Waals surface area (Å²) in [5.74, 6) is -0.0663. The first-order valence-electron chi connectivity index (χ1n) is 8.34. The number of alkyl halides is 2. The lowest BCUT2D eigenvalue weighted by atomic mass is 10.0. The second-order valence-corrected chi connectivity index (χ2v) is 6.72. The normalized spacial score (nSPS) is 12.3. The Labute approximate surface area is 154 Å². The van der Waals surface area contributed by atoms with Gasteiger partial charge in [-0.3, -0.25) is 9.98 Å². The molecule has 4 nitrogen and oxygen atoms in total. The maximum absolute atomic E-state index is 13.6. The van der Waals surface area contributed by atoms with E-state index >= 15 is 0 Å². The number of pyridine rings is 1. The number of hydrogen-bond acceptors (Lipinski definition) is 4. The summed E-state index contributed by atoms with van der Waals surface area (Å²) in [5, 5.41) is 9.77. The monoisotopic (exact) mass is 380 g/mol. The highest BCUT2D eigenvalue weighted by Gasteiger charge is 2.32. The smallest absolute Gasteiger partial charge is 0.421 e. The molecule has 1 unspecified atom stereocenters. The maximum atomic E-state index is 13.6. The summed E-state index contributed by atoms with van der Waals surface area (Å²) in [6, 6.07) is 6.89. The van der Waals surface area contributed by atoms with Gasteiger partial charge >= 0.3 is 6.11 Å². The highest BCUT2D eigenvalue weighted by molar-refractivity contribution is 7.27. The van der Waals surface area contributed by atoms with Crippen molar-refractivity contribution in [2.24, 2.45) is 4.99 Å². The van der Waals surface area contributed by atoms with Crippen LogP contribution in [0.5, 0.6) is 5.75 Å². The fraction of sp³-hybridized carbons (Fsp3) is 0.368. The van der Waals surface area contributed by atoms with Crippen LogP contribution in [0.1, 0.15) is 32.3 Å². The molecule has 1 aromatic heterocycles. The third-order valence-corrected chi connectivity index (χ3v) is 4.16. The van der Waals surface area contributed by atoms with E-state index < -0.39 is 12.7 Å². The van der Waals surface area contributed by atoms with Crippen molar-refractivity contribution in [1.82, 2.24) is 4.98 Å². The van der Waals surface area contributed by atoms with Gasteiger partial charge in [0.2, 0.25) is 0 Å². The van der Waals surface area contributed by atoms with Crippen LogP contribution in [0.15, 0.2) is 35.5 Å². The SMILES string of the molecule is CCC/C(C)=N\c1c(OC(F)(F)CO)ccc(-c2ccc(P)cn2)c1C. The first kappa shape index (κ1) is 20.4.